The molecular formula is C14H21BrO4S. The lowest BCUT2D eigenvalue weighted by atomic mass is 9.79. The van der Waals surface area contributed by atoms with E-state index in [1.54, 1.807) is 18.2 Å². The molecule has 1 aromatic rings. The number of sulfone groups is 1. The SMILES string of the molecule is CCCS(=O)(=O)CCC(CO)(CO)c1cccc(Br)c1. The van der Waals surface area contributed by atoms with E-state index in [2.05, 4.69) is 15.9 Å². The van der Waals surface area contributed by atoms with Crippen molar-refractivity contribution >= 4 is 25.8 Å². The number of hydrogen-bond donors (Lipinski definition) is 2. The molecule has 0 heterocycles. The molecule has 0 aliphatic heterocycles. The maximum Gasteiger partial charge on any atom is 0.150 e. The van der Waals surface area contributed by atoms with Gasteiger partial charge in [-0.3, -0.25) is 0 Å². The molecule has 20 heavy (non-hydrogen) atoms. The second-order valence-electron chi connectivity index (χ2n) is 5.01. The summed E-state index contributed by atoms with van der Waals surface area (Å²) in [6.45, 7) is 1.24. The van der Waals surface area contributed by atoms with Crippen LogP contribution in [0.1, 0.15) is 25.3 Å². The molecule has 0 amide bonds. The number of hydrogen-bond acceptors (Lipinski definition) is 4. The van der Waals surface area contributed by atoms with Gasteiger partial charge in [0.25, 0.3) is 0 Å². The smallest absolute Gasteiger partial charge is 0.150 e. The number of halogens is 1. The van der Waals surface area contributed by atoms with Gasteiger partial charge in [0.1, 0.15) is 9.84 Å². The van der Waals surface area contributed by atoms with Gasteiger partial charge in [0.2, 0.25) is 0 Å². The van der Waals surface area contributed by atoms with Gasteiger partial charge in [0.05, 0.1) is 19.0 Å². The largest absolute Gasteiger partial charge is 0.395 e. The van der Waals surface area contributed by atoms with Crippen molar-refractivity contribution in [1.29, 1.82) is 0 Å². The highest BCUT2D eigenvalue weighted by atomic mass is 79.9. The summed E-state index contributed by atoms with van der Waals surface area (Å²) in [5, 5.41) is 19.4. The fraction of sp³-hybridized carbons (Fsp3) is 0.571. The Balaban J connectivity index is 2.99. The number of benzene rings is 1. The quantitative estimate of drug-likeness (QED) is 0.738. The van der Waals surface area contributed by atoms with Crippen molar-refractivity contribution < 1.29 is 18.6 Å². The first kappa shape index (κ1) is 17.6. The van der Waals surface area contributed by atoms with E-state index in [1.807, 2.05) is 13.0 Å². The molecule has 0 fully saturated rings. The maximum atomic E-state index is 11.8. The van der Waals surface area contributed by atoms with Crippen molar-refractivity contribution in [1.82, 2.24) is 0 Å². The molecule has 0 spiro atoms. The van der Waals surface area contributed by atoms with Gasteiger partial charge in [0.15, 0.2) is 0 Å². The minimum atomic E-state index is -3.14. The molecule has 0 saturated carbocycles. The van der Waals surface area contributed by atoms with Crippen molar-refractivity contribution in [3.05, 3.63) is 34.3 Å². The molecule has 0 aliphatic rings. The maximum absolute atomic E-state index is 11.8. The van der Waals surface area contributed by atoms with Gasteiger partial charge in [-0.15, -0.1) is 0 Å². The van der Waals surface area contributed by atoms with Crippen LogP contribution < -0.4 is 0 Å². The first-order chi connectivity index (χ1) is 9.39. The Labute approximate surface area is 128 Å². The zero-order valence-electron chi connectivity index (χ0n) is 11.5. The molecule has 0 unspecified atom stereocenters. The standard InChI is InChI=1S/C14H21BrO4S/c1-2-7-20(18,19)8-6-14(10-16,11-17)12-4-3-5-13(15)9-12/h3-5,9,16-17H,2,6-8,10-11H2,1H3. The van der Waals surface area contributed by atoms with Gasteiger partial charge in [-0.05, 0) is 30.5 Å². The van der Waals surface area contributed by atoms with Crippen LogP contribution in [0.4, 0.5) is 0 Å². The second kappa shape index (κ2) is 7.54. The van der Waals surface area contributed by atoms with Gasteiger partial charge in [-0.2, -0.15) is 0 Å². The molecule has 0 aliphatic carbocycles. The average Bonchev–Trinajstić information content (AvgIpc) is 2.40. The molecule has 4 nitrogen and oxygen atoms in total. The molecule has 0 radical (unpaired) electrons. The molecule has 2 N–H and O–H groups in total. The van der Waals surface area contributed by atoms with Crippen molar-refractivity contribution in [2.45, 2.75) is 25.2 Å². The van der Waals surface area contributed by atoms with Gasteiger partial charge in [-0.25, -0.2) is 8.42 Å². The predicted molar refractivity (Wildman–Crippen MR) is 83.6 cm³/mol. The number of rotatable bonds is 8. The van der Waals surface area contributed by atoms with Crippen LogP contribution in [-0.2, 0) is 15.3 Å². The highest BCUT2D eigenvalue weighted by Gasteiger charge is 2.32. The van der Waals surface area contributed by atoms with E-state index in [1.165, 1.54) is 0 Å². The van der Waals surface area contributed by atoms with Crippen LogP contribution in [0.25, 0.3) is 0 Å². The fourth-order valence-corrected chi connectivity index (χ4v) is 4.04. The highest BCUT2D eigenvalue weighted by molar-refractivity contribution is 9.10. The fourth-order valence-electron chi connectivity index (χ4n) is 2.12. The summed E-state index contributed by atoms with van der Waals surface area (Å²) in [5.74, 6) is 0.104. The lowest BCUT2D eigenvalue weighted by Crippen LogP contribution is -2.37. The van der Waals surface area contributed by atoms with E-state index in [0.29, 0.717) is 6.42 Å². The molecular weight excluding hydrogens is 344 g/mol. The number of aliphatic hydroxyl groups excluding tert-OH is 2. The third-order valence-corrected chi connectivity index (χ3v) is 5.80. The van der Waals surface area contributed by atoms with Crippen LogP contribution in [-0.4, -0.2) is 43.4 Å². The molecule has 6 heteroatoms. The molecule has 1 aromatic carbocycles. The van der Waals surface area contributed by atoms with Gasteiger partial charge >= 0.3 is 0 Å². The molecule has 0 bridgehead atoms. The Kier molecular flexibility index (Phi) is 6.64. The summed E-state index contributed by atoms with van der Waals surface area (Å²) in [7, 11) is -3.14. The zero-order valence-corrected chi connectivity index (χ0v) is 14.0. The summed E-state index contributed by atoms with van der Waals surface area (Å²) < 4.78 is 24.5. The van der Waals surface area contributed by atoms with Gasteiger partial charge < -0.3 is 10.2 Å². The first-order valence-corrected chi connectivity index (χ1v) is 9.19. The van der Waals surface area contributed by atoms with Crippen LogP contribution in [0.15, 0.2) is 28.7 Å². The third kappa shape index (κ3) is 4.55. The Morgan fingerprint density at radius 2 is 1.85 bits per heavy atom. The summed E-state index contributed by atoms with van der Waals surface area (Å²) >= 11 is 3.35. The predicted octanol–water partition coefficient (Wildman–Crippen LogP) is 1.89. The molecule has 1 rings (SSSR count). The minimum Gasteiger partial charge on any atom is -0.395 e. The van der Waals surface area contributed by atoms with E-state index in [0.717, 1.165) is 10.0 Å². The summed E-state index contributed by atoms with van der Waals surface area (Å²) in [6, 6.07) is 7.25. The van der Waals surface area contributed by atoms with E-state index in [9.17, 15) is 18.6 Å². The lowest BCUT2D eigenvalue weighted by Gasteiger charge is -2.30. The second-order valence-corrected chi connectivity index (χ2v) is 8.23. The molecule has 0 atom stereocenters. The van der Waals surface area contributed by atoms with Crippen molar-refractivity contribution in [2.24, 2.45) is 0 Å². The van der Waals surface area contributed by atoms with Crippen molar-refractivity contribution in [3.63, 3.8) is 0 Å². The Bertz CT molecular complexity index is 524. The number of aliphatic hydroxyl groups is 2. The molecule has 114 valence electrons. The summed E-state index contributed by atoms with van der Waals surface area (Å²) in [6.07, 6.45) is 0.781. The average molecular weight is 365 g/mol. The molecule has 0 aromatic heterocycles. The Hall–Kier alpha value is -0.430. The van der Waals surface area contributed by atoms with Crippen LogP contribution in [0, 0.1) is 0 Å². The summed E-state index contributed by atoms with van der Waals surface area (Å²) in [4.78, 5) is 0. The Morgan fingerprint density at radius 1 is 1.20 bits per heavy atom. The molecule has 0 saturated heterocycles. The van der Waals surface area contributed by atoms with E-state index < -0.39 is 15.3 Å². The van der Waals surface area contributed by atoms with Crippen LogP contribution in [0.5, 0.6) is 0 Å². The van der Waals surface area contributed by atoms with Crippen LogP contribution in [0.2, 0.25) is 0 Å². The minimum absolute atomic E-state index is 0.0333. The van der Waals surface area contributed by atoms with Crippen molar-refractivity contribution in [3.8, 4) is 0 Å². The van der Waals surface area contributed by atoms with Gasteiger partial charge in [0, 0.05) is 15.6 Å². The zero-order chi connectivity index (χ0) is 15.2. The summed E-state index contributed by atoms with van der Waals surface area (Å²) in [5.41, 5.74) is -0.187. The monoisotopic (exact) mass is 364 g/mol. The first-order valence-electron chi connectivity index (χ1n) is 6.57. The topological polar surface area (TPSA) is 74.6 Å². The van der Waals surface area contributed by atoms with E-state index in [-0.39, 0.29) is 31.1 Å². The normalized spacial score (nSPS) is 12.6. The van der Waals surface area contributed by atoms with Crippen LogP contribution >= 0.6 is 15.9 Å². The van der Waals surface area contributed by atoms with E-state index >= 15 is 0 Å². The Morgan fingerprint density at radius 3 is 2.35 bits per heavy atom. The van der Waals surface area contributed by atoms with Gasteiger partial charge in [-0.1, -0.05) is 35.0 Å². The van der Waals surface area contributed by atoms with E-state index in [4.69, 9.17) is 0 Å². The highest BCUT2D eigenvalue weighted by Crippen LogP contribution is 2.30. The van der Waals surface area contributed by atoms with Crippen LogP contribution in [0.3, 0.4) is 0 Å². The van der Waals surface area contributed by atoms with Crippen molar-refractivity contribution in [2.75, 3.05) is 24.7 Å². The third-order valence-electron chi connectivity index (χ3n) is 3.45. The lowest BCUT2D eigenvalue weighted by molar-refractivity contribution is 0.114.